The summed E-state index contributed by atoms with van der Waals surface area (Å²) in [6.07, 6.45) is 4.65. The molecule has 0 fully saturated rings. The Kier molecular flexibility index (Phi) is 11.3. The van der Waals surface area contributed by atoms with Gasteiger partial charge in [0.25, 0.3) is 0 Å². The Balaban J connectivity index is 2.72. The van der Waals surface area contributed by atoms with Gasteiger partial charge < -0.3 is 19.6 Å². The van der Waals surface area contributed by atoms with E-state index in [0.29, 0.717) is 19.6 Å². The van der Waals surface area contributed by atoms with Gasteiger partial charge in [-0.2, -0.15) is 0 Å². The molecule has 1 aromatic carbocycles. The lowest BCUT2D eigenvalue weighted by atomic mass is 10.0. The van der Waals surface area contributed by atoms with E-state index in [2.05, 4.69) is 40.4 Å². The third kappa shape index (κ3) is 10.6. The quantitative estimate of drug-likeness (QED) is 0.205. The molecule has 0 aliphatic carbocycles. The van der Waals surface area contributed by atoms with E-state index in [-0.39, 0.29) is 17.0 Å². The van der Waals surface area contributed by atoms with Crippen molar-refractivity contribution in [2.24, 2.45) is 5.73 Å². The van der Waals surface area contributed by atoms with Gasteiger partial charge >= 0.3 is 6.09 Å². The Bertz CT molecular complexity index is 756. The first kappa shape index (κ1) is 28.1. The lowest BCUT2D eigenvalue weighted by molar-refractivity contribution is 0.117. The van der Waals surface area contributed by atoms with Gasteiger partial charge in [-0.3, -0.25) is 0 Å². The van der Waals surface area contributed by atoms with Gasteiger partial charge in [0.1, 0.15) is 11.9 Å². The molecule has 2 atom stereocenters. The average Bonchev–Trinajstić information content (AvgIpc) is 2.66. The van der Waals surface area contributed by atoms with Gasteiger partial charge in [0.05, 0.1) is 12.7 Å². The maximum absolute atomic E-state index is 13.0. The van der Waals surface area contributed by atoms with Crippen molar-refractivity contribution in [3.05, 3.63) is 60.0 Å². The maximum atomic E-state index is 13.0. The molecular formula is C25H40FNO4Si. The molecule has 0 aliphatic rings. The van der Waals surface area contributed by atoms with E-state index in [1.54, 1.807) is 19.1 Å². The summed E-state index contributed by atoms with van der Waals surface area (Å²) < 4.78 is 30.4. The molecule has 7 heteroatoms. The number of rotatable bonds is 13. The molecule has 1 aromatic rings. The summed E-state index contributed by atoms with van der Waals surface area (Å²) in [6.45, 7) is 17.8. The van der Waals surface area contributed by atoms with Crippen LogP contribution in [0.25, 0.3) is 0 Å². The monoisotopic (exact) mass is 465 g/mol. The van der Waals surface area contributed by atoms with Crippen molar-refractivity contribution >= 4 is 14.4 Å². The molecule has 0 aliphatic heterocycles. The average molecular weight is 466 g/mol. The summed E-state index contributed by atoms with van der Waals surface area (Å²) in [6, 6.07) is 6.29. The fourth-order valence-electron chi connectivity index (χ4n) is 2.96. The summed E-state index contributed by atoms with van der Waals surface area (Å²) in [7, 11) is -1.96. The fourth-order valence-corrected chi connectivity index (χ4v) is 4.25. The Labute approximate surface area is 193 Å². The fraction of sp³-hybridized carbons (Fsp3) is 0.560. The van der Waals surface area contributed by atoms with E-state index in [1.165, 1.54) is 12.1 Å². The number of ether oxygens (including phenoxy) is 2. The molecular weight excluding hydrogens is 425 g/mol. The smallest absolute Gasteiger partial charge is 0.405 e. The summed E-state index contributed by atoms with van der Waals surface area (Å²) in [5.74, 6) is -0.257. The van der Waals surface area contributed by atoms with Crippen LogP contribution in [0, 0.1) is 5.82 Å². The van der Waals surface area contributed by atoms with Crippen LogP contribution in [-0.4, -0.2) is 33.2 Å². The van der Waals surface area contributed by atoms with Crippen LogP contribution in [0.3, 0.4) is 0 Å². The molecule has 5 nitrogen and oxygen atoms in total. The van der Waals surface area contributed by atoms with Gasteiger partial charge in [-0.25, -0.2) is 9.18 Å². The first-order chi connectivity index (χ1) is 14.8. The zero-order valence-electron chi connectivity index (χ0n) is 20.4. The second kappa shape index (κ2) is 12.9. The van der Waals surface area contributed by atoms with Crippen molar-refractivity contribution in [1.82, 2.24) is 0 Å². The normalized spacial score (nSPS) is 14.7. The SMILES string of the molecule is C=CC(C/C(=C/[C@@H](C)OC(N)=O)CCCOCc1ccc(F)cc1)O[Si](C)(C)C(C)(C)C. The minimum atomic E-state index is -1.96. The molecule has 32 heavy (non-hydrogen) atoms. The number of carbonyl (C=O) groups is 1. The van der Waals surface area contributed by atoms with Gasteiger partial charge in [-0.1, -0.05) is 44.6 Å². The van der Waals surface area contributed by atoms with Crippen molar-refractivity contribution in [1.29, 1.82) is 0 Å². The molecule has 0 saturated carbocycles. The molecule has 1 unspecified atom stereocenters. The highest BCUT2D eigenvalue weighted by Crippen LogP contribution is 2.38. The molecule has 0 bridgehead atoms. The molecule has 0 saturated heterocycles. The minimum absolute atomic E-state index is 0.0920. The van der Waals surface area contributed by atoms with Crippen LogP contribution in [0.1, 0.15) is 52.5 Å². The third-order valence-corrected chi connectivity index (χ3v) is 10.2. The summed E-state index contributed by atoms with van der Waals surface area (Å²) in [5.41, 5.74) is 7.20. The standard InChI is InChI=1S/C25H40FNO4Si/c1-8-23(31-32(6,7)25(3,4)5)17-21(16-19(2)30-24(27)28)10-9-15-29-18-20-11-13-22(26)14-12-20/h8,11-14,16,19,23H,1,9-10,15,17-18H2,2-7H3,(H2,27,28)/b21-16+/t19-,23?/m1/s1. The predicted octanol–water partition coefficient (Wildman–Crippen LogP) is 6.50. The van der Waals surface area contributed by atoms with Crippen LogP contribution in [0.15, 0.2) is 48.6 Å². The summed E-state index contributed by atoms with van der Waals surface area (Å²) in [5, 5.41) is 0.0920. The number of hydrogen-bond donors (Lipinski definition) is 1. The summed E-state index contributed by atoms with van der Waals surface area (Å²) >= 11 is 0. The van der Waals surface area contributed by atoms with Gasteiger partial charge in [-0.15, -0.1) is 6.58 Å². The number of halogens is 1. The van der Waals surface area contributed by atoms with Crippen LogP contribution in [-0.2, 0) is 20.5 Å². The largest absolute Gasteiger partial charge is 0.442 e. The molecule has 180 valence electrons. The van der Waals surface area contributed by atoms with E-state index in [9.17, 15) is 9.18 Å². The second-order valence-electron chi connectivity index (χ2n) is 9.61. The van der Waals surface area contributed by atoms with Crippen LogP contribution in [0.5, 0.6) is 0 Å². The van der Waals surface area contributed by atoms with Crippen molar-refractivity contribution in [3.8, 4) is 0 Å². The number of benzene rings is 1. The van der Waals surface area contributed by atoms with Crippen molar-refractivity contribution in [3.63, 3.8) is 0 Å². The van der Waals surface area contributed by atoms with Gasteiger partial charge in [0.2, 0.25) is 0 Å². The van der Waals surface area contributed by atoms with Crippen LogP contribution in [0.2, 0.25) is 18.1 Å². The zero-order valence-corrected chi connectivity index (χ0v) is 21.4. The van der Waals surface area contributed by atoms with Gasteiger partial charge in [-0.05, 0) is 68.1 Å². The number of carbonyl (C=O) groups excluding carboxylic acids is 1. The predicted molar refractivity (Wildman–Crippen MR) is 130 cm³/mol. The van der Waals surface area contributed by atoms with E-state index in [0.717, 1.165) is 24.0 Å². The van der Waals surface area contributed by atoms with Crippen LogP contribution in [0.4, 0.5) is 9.18 Å². The van der Waals surface area contributed by atoms with Crippen molar-refractivity contribution < 1.29 is 23.1 Å². The van der Waals surface area contributed by atoms with E-state index >= 15 is 0 Å². The number of amides is 1. The molecule has 0 aromatic heterocycles. The summed E-state index contributed by atoms with van der Waals surface area (Å²) in [4.78, 5) is 11.1. The van der Waals surface area contributed by atoms with Gasteiger partial charge in [0, 0.05) is 6.61 Å². The van der Waals surface area contributed by atoms with Crippen LogP contribution < -0.4 is 5.73 Å². The maximum Gasteiger partial charge on any atom is 0.405 e. The molecule has 2 N–H and O–H groups in total. The molecule has 0 radical (unpaired) electrons. The van der Waals surface area contributed by atoms with E-state index in [1.807, 2.05) is 12.2 Å². The molecule has 1 amide bonds. The van der Waals surface area contributed by atoms with Crippen molar-refractivity contribution in [2.75, 3.05) is 6.61 Å². The Hall–Kier alpha value is -1.96. The zero-order chi connectivity index (χ0) is 24.4. The highest BCUT2D eigenvalue weighted by atomic mass is 28.4. The molecule has 0 spiro atoms. The number of hydrogen-bond acceptors (Lipinski definition) is 4. The number of primary amides is 1. The second-order valence-corrected chi connectivity index (χ2v) is 14.4. The van der Waals surface area contributed by atoms with Crippen molar-refractivity contribution in [2.45, 2.75) is 83.9 Å². The third-order valence-electron chi connectivity index (χ3n) is 5.72. The lowest BCUT2D eigenvalue weighted by Crippen LogP contribution is -2.43. The lowest BCUT2D eigenvalue weighted by Gasteiger charge is -2.39. The van der Waals surface area contributed by atoms with E-state index < -0.39 is 20.5 Å². The molecule has 1 rings (SSSR count). The highest BCUT2D eigenvalue weighted by molar-refractivity contribution is 6.74. The number of nitrogens with two attached hydrogens (primary N) is 1. The highest BCUT2D eigenvalue weighted by Gasteiger charge is 2.38. The first-order valence-corrected chi connectivity index (χ1v) is 14.0. The molecule has 0 heterocycles. The minimum Gasteiger partial charge on any atom is -0.442 e. The Morgan fingerprint density at radius 2 is 1.88 bits per heavy atom. The van der Waals surface area contributed by atoms with E-state index in [4.69, 9.17) is 19.6 Å². The topological polar surface area (TPSA) is 70.8 Å². The Morgan fingerprint density at radius 3 is 2.41 bits per heavy atom. The Morgan fingerprint density at radius 1 is 1.25 bits per heavy atom. The van der Waals surface area contributed by atoms with Crippen LogP contribution >= 0.6 is 0 Å². The first-order valence-electron chi connectivity index (χ1n) is 11.1. The van der Waals surface area contributed by atoms with Gasteiger partial charge in [0.15, 0.2) is 8.32 Å².